The maximum absolute atomic E-state index is 11.6. The van der Waals surface area contributed by atoms with Crippen LogP contribution in [0.4, 0.5) is 0 Å². The molecule has 0 radical (unpaired) electrons. The first-order chi connectivity index (χ1) is 6.52. The smallest absolute Gasteiger partial charge is 0.236 e. The van der Waals surface area contributed by atoms with Crippen molar-refractivity contribution in [2.24, 2.45) is 5.18 Å². The van der Waals surface area contributed by atoms with E-state index in [1.807, 2.05) is 6.92 Å². The van der Waals surface area contributed by atoms with Crippen molar-refractivity contribution in [3.8, 4) is 0 Å². The van der Waals surface area contributed by atoms with Crippen LogP contribution < -0.4 is 0 Å². The van der Waals surface area contributed by atoms with Crippen molar-refractivity contribution in [1.29, 1.82) is 0 Å². The molecule has 0 bridgehead atoms. The minimum absolute atomic E-state index is 0.0325. The summed E-state index contributed by atoms with van der Waals surface area (Å²) in [6, 6.07) is 0. The number of hydrogen-bond acceptors (Lipinski definition) is 4. The van der Waals surface area contributed by atoms with Gasteiger partial charge in [-0.25, -0.2) is 0 Å². The topological polar surface area (TPSA) is 49.7 Å². The Hall–Kier alpha value is -0.580. The van der Waals surface area contributed by atoms with Gasteiger partial charge in [-0.15, -0.1) is 16.7 Å². The van der Waals surface area contributed by atoms with E-state index in [4.69, 9.17) is 0 Å². The number of rotatable bonds is 6. The van der Waals surface area contributed by atoms with Crippen molar-refractivity contribution in [1.82, 2.24) is 4.90 Å². The van der Waals surface area contributed by atoms with Gasteiger partial charge in [-0.2, -0.15) is 0 Å². The van der Waals surface area contributed by atoms with Crippen LogP contribution in [0, 0.1) is 4.91 Å². The summed E-state index contributed by atoms with van der Waals surface area (Å²) in [7, 11) is 1.59. The number of amides is 1. The van der Waals surface area contributed by atoms with Gasteiger partial charge >= 0.3 is 0 Å². The minimum atomic E-state index is -0.100. The van der Waals surface area contributed by atoms with E-state index in [9.17, 15) is 9.70 Å². The molecule has 0 saturated carbocycles. The van der Waals surface area contributed by atoms with Gasteiger partial charge in [0.25, 0.3) is 0 Å². The summed E-state index contributed by atoms with van der Waals surface area (Å²) >= 11 is 1.63. The molecular weight excluding hydrogens is 200 g/mol. The van der Waals surface area contributed by atoms with Gasteiger partial charge in [0.2, 0.25) is 5.91 Å². The van der Waals surface area contributed by atoms with Gasteiger partial charge in [-0.3, -0.25) is 4.79 Å². The predicted octanol–water partition coefficient (Wildman–Crippen LogP) is 2.09. The zero-order valence-corrected chi connectivity index (χ0v) is 10.0. The maximum atomic E-state index is 11.6. The third kappa shape index (κ3) is 4.60. The standard InChI is InChI=1S/C9H18N2O2S/c1-5-7(2)14-8(3)9(12)11(4)6-10-13/h7-8H,5-6H2,1-4H3. The molecule has 14 heavy (non-hydrogen) atoms. The summed E-state index contributed by atoms with van der Waals surface area (Å²) in [5, 5.41) is 3.05. The van der Waals surface area contributed by atoms with E-state index >= 15 is 0 Å². The van der Waals surface area contributed by atoms with Crippen LogP contribution in [-0.4, -0.2) is 35.0 Å². The van der Waals surface area contributed by atoms with E-state index in [-0.39, 0.29) is 17.8 Å². The fraction of sp³-hybridized carbons (Fsp3) is 0.889. The molecule has 0 heterocycles. The molecule has 0 saturated heterocycles. The molecule has 4 nitrogen and oxygen atoms in total. The van der Waals surface area contributed by atoms with Crippen molar-refractivity contribution in [3.05, 3.63) is 4.91 Å². The minimum Gasteiger partial charge on any atom is -0.322 e. The van der Waals surface area contributed by atoms with E-state index < -0.39 is 0 Å². The van der Waals surface area contributed by atoms with Crippen LogP contribution in [0.25, 0.3) is 0 Å². The van der Waals surface area contributed by atoms with Crippen LogP contribution in [0.15, 0.2) is 5.18 Å². The molecule has 0 aromatic carbocycles. The second kappa shape index (κ2) is 6.81. The van der Waals surface area contributed by atoms with Gasteiger partial charge in [-0.05, 0) is 18.5 Å². The van der Waals surface area contributed by atoms with Crippen LogP contribution in [0.3, 0.4) is 0 Å². The fourth-order valence-electron chi connectivity index (χ4n) is 0.970. The van der Waals surface area contributed by atoms with E-state index in [0.717, 1.165) is 6.42 Å². The molecule has 0 aliphatic carbocycles. The zero-order chi connectivity index (χ0) is 11.1. The highest BCUT2D eigenvalue weighted by molar-refractivity contribution is 8.01. The first-order valence-electron chi connectivity index (χ1n) is 4.72. The monoisotopic (exact) mass is 218 g/mol. The fourth-order valence-corrected chi connectivity index (χ4v) is 2.16. The van der Waals surface area contributed by atoms with Gasteiger partial charge in [0, 0.05) is 12.3 Å². The number of nitroso groups, excluding NO2 is 1. The molecular formula is C9H18N2O2S. The Morgan fingerprint density at radius 1 is 1.50 bits per heavy atom. The lowest BCUT2D eigenvalue weighted by atomic mass is 10.4. The average molecular weight is 218 g/mol. The number of hydrogen-bond donors (Lipinski definition) is 0. The van der Waals surface area contributed by atoms with Gasteiger partial charge in [0.05, 0.1) is 5.25 Å². The molecule has 0 aliphatic heterocycles. The van der Waals surface area contributed by atoms with E-state index in [0.29, 0.717) is 5.25 Å². The number of carbonyl (C=O) groups is 1. The Balaban J connectivity index is 4.03. The molecule has 0 spiro atoms. The van der Waals surface area contributed by atoms with Gasteiger partial charge in [-0.1, -0.05) is 13.8 Å². The third-order valence-corrected chi connectivity index (χ3v) is 3.41. The molecule has 1 amide bonds. The summed E-state index contributed by atoms with van der Waals surface area (Å²) in [4.78, 5) is 22.9. The summed E-state index contributed by atoms with van der Waals surface area (Å²) in [5.41, 5.74) is 0. The molecule has 0 fully saturated rings. The summed E-state index contributed by atoms with van der Waals surface area (Å²) in [6.45, 7) is 5.97. The van der Waals surface area contributed by atoms with Gasteiger partial charge < -0.3 is 4.90 Å². The molecule has 0 aromatic rings. The van der Waals surface area contributed by atoms with E-state index in [2.05, 4.69) is 19.0 Å². The molecule has 2 atom stereocenters. The lowest BCUT2D eigenvalue weighted by Gasteiger charge is -2.20. The highest BCUT2D eigenvalue weighted by atomic mass is 32.2. The molecule has 2 unspecified atom stereocenters. The van der Waals surface area contributed by atoms with Crippen LogP contribution in [-0.2, 0) is 4.79 Å². The second-order valence-electron chi connectivity index (χ2n) is 3.30. The summed E-state index contributed by atoms with van der Waals surface area (Å²) in [6.07, 6.45) is 1.04. The summed E-state index contributed by atoms with van der Waals surface area (Å²) in [5.74, 6) is -0.0325. The van der Waals surface area contributed by atoms with Crippen molar-refractivity contribution in [2.75, 3.05) is 13.7 Å². The Morgan fingerprint density at radius 2 is 2.07 bits per heavy atom. The first kappa shape index (κ1) is 13.4. The summed E-state index contributed by atoms with van der Waals surface area (Å²) < 4.78 is 0. The van der Waals surface area contributed by atoms with Crippen molar-refractivity contribution >= 4 is 17.7 Å². The second-order valence-corrected chi connectivity index (χ2v) is 5.09. The molecule has 0 aromatic heterocycles. The number of carbonyl (C=O) groups excluding carboxylic acids is 1. The maximum Gasteiger partial charge on any atom is 0.236 e. The van der Waals surface area contributed by atoms with Crippen molar-refractivity contribution < 1.29 is 4.79 Å². The van der Waals surface area contributed by atoms with E-state index in [1.54, 1.807) is 18.8 Å². The van der Waals surface area contributed by atoms with Crippen LogP contribution in [0.2, 0.25) is 0 Å². The zero-order valence-electron chi connectivity index (χ0n) is 9.19. The molecule has 0 N–H and O–H groups in total. The van der Waals surface area contributed by atoms with Crippen molar-refractivity contribution in [3.63, 3.8) is 0 Å². The molecule has 82 valence electrons. The predicted molar refractivity (Wildman–Crippen MR) is 60.2 cm³/mol. The Morgan fingerprint density at radius 3 is 2.50 bits per heavy atom. The van der Waals surface area contributed by atoms with E-state index in [1.165, 1.54) is 4.90 Å². The lowest BCUT2D eigenvalue weighted by molar-refractivity contribution is -0.128. The average Bonchev–Trinajstić information content (AvgIpc) is 2.16. The quantitative estimate of drug-likeness (QED) is 0.641. The Bertz CT molecular complexity index is 199. The highest BCUT2D eigenvalue weighted by Crippen LogP contribution is 2.20. The van der Waals surface area contributed by atoms with Crippen LogP contribution in [0.1, 0.15) is 27.2 Å². The normalized spacial score (nSPS) is 14.6. The van der Waals surface area contributed by atoms with Crippen molar-refractivity contribution in [2.45, 2.75) is 37.7 Å². The molecule has 0 aliphatic rings. The van der Waals surface area contributed by atoms with Crippen LogP contribution >= 0.6 is 11.8 Å². The highest BCUT2D eigenvalue weighted by Gasteiger charge is 2.19. The first-order valence-corrected chi connectivity index (χ1v) is 5.66. The lowest BCUT2D eigenvalue weighted by Crippen LogP contribution is -2.34. The number of nitrogens with zero attached hydrogens (tertiary/aromatic N) is 2. The molecule has 5 heteroatoms. The van der Waals surface area contributed by atoms with Crippen LogP contribution in [0.5, 0.6) is 0 Å². The largest absolute Gasteiger partial charge is 0.322 e. The SMILES string of the molecule is CCC(C)SC(C)C(=O)N(C)CN=O. The molecule has 0 rings (SSSR count). The Kier molecular flexibility index (Phi) is 6.53. The third-order valence-electron chi connectivity index (χ3n) is 2.01. The van der Waals surface area contributed by atoms with Gasteiger partial charge in [0.15, 0.2) is 6.67 Å². The number of thioether (sulfide) groups is 1. The van der Waals surface area contributed by atoms with Gasteiger partial charge in [0.1, 0.15) is 0 Å². The Labute approximate surface area is 89.4 Å².